The van der Waals surface area contributed by atoms with E-state index in [2.05, 4.69) is 19.1 Å². The Kier molecular flexibility index (Phi) is 4.38. The fraction of sp³-hybridized carbons (Fsp3) is 0.312. The largest absolute Gasteiger partial charge is 0.488 e. The highest BCUT2D eigenvalue weighted by Crippen LogP contribution is 2.23. The lowest BCUT2D eigenvalue weighted by Gasteiger charge is -2.09. The van der Waals surface area contributed by atoms with Gasteiger partial charge in [0.25, 0.3) is 0 Å². The number of benzene rings is 1. The maximum absolute atomic E-state index is 11.3. The number of thiophene rings is 1. The SMILES string of the molecule is CCc1ccc(COc2ccc(C(C)=O)cc2C)s1. The van der Waals surface area contributed by atoms with Crippen molar-refractivity contribution < 1.29 is 9.53 Å². The molecule has 1 aromatic carbocycles. The molecule has 0 aliphatic rings. The van der Waals surface area contributed by atoms with E-state index in [1.807, 2.05) is 25.1 Å². The number of carbonyl (C=O) groups is 1. The average molecular weight is 274 g/mol. The Morgan fingerprint density at radius 3 is 2.53 bits per heavy atom. The normalized spacial score (nSPS) is 10.5. The summed E-state index contributed by atoms with van der Waals surface area (Å²) in [6.45, 7) is 6.28. The van der Waals surface area contributed by atoms with Gasteiger partial charge in [0.1, 0.15) is 12.4 Å². The molecule has 0 N–H and O–H groups in total. The maximum atomic E-state index is 11.3. The molecule has 19 heavy (non-hydrogen) atoms. The number of ether oxygens (including phenoxy) is 1. The third-order valence-corrected chi connectivity index (χ3v) is 4.22. The van der Waals surface area contributed by atoms with E-state index in [0.717, 1.165) is 23.3 Å². The van der Waals surface area contributed by atoms with E-state index in [9.17, 15) is 4.79 Å². The van der Waals surface area contributed by atoms with Gasteiger partial charge in [-0.25, -0.2) is 0 Å². The van der Waals surface area contributed by atoms with Gasteiger partial charge >= 0.3 is 0 Å². The first kappa shape index (κ1) is 13.8. The molecular weight excluding hydrogens is 256 g/mol. The smallest absolute Gasteiger partial charge is 0.159 e. The summed E-state index contributed by atoms with van der Waals surface area (Å²) in [6, 6.07) is 9.83. The zero-order valence-electron chi connectivity index (χ0n) is 11.5. The number of hydrogen-bond acceptors (Lipinski definition) is 3. The standard InChI is InChI=1S/C16H18O2S/c1-4-14-6-7-15(19-14)10-18-16-8-5-13(12(3)17)9-11(16)2/h5-9H,4,10H2,1-3H3. The second-order valence-electron chi connectivity index (χ2n) is 4.55. The summed E-state index contributed by atoms with van der Waals surface area (Å²) >= 11 is 1.79. The fourth-order valence-electron chi connectivity index (χ4n) is 1.87. The van der Waals surface area contributed by atoms with Crippen LogP contribution in [0.15, 0.2) is 30.3 Å². The maximum Gasteiger partial charge on any atom is 0.159 e. The molecule has 3 heteroatoms. The molecule has 0 fully saturated rings. The van der Waals surface area contributed by atoms with E-state index >= 15 is 0 Å². The van der Waals surface area contributed by atoms with Crippen LogP contribution >= 0.6 is 11.3 Å². The van der Waals surface area contributed by atoms with Gasteiger partial charge in [-0.15, -0.1) is 11.3 Å². The van der Waals surface area contributed by atoms with Crippen molar-refractivity contribution in [2.75, 3.05) is 0 Å². The van der Waals surface area contributed by atoms with Crippen LogP contribution in [0.5, 0.6) is 5.75 Å². The van der Waals surface area contributed by atoms with E-state index in [1.54, 1.807) is 18.3 Å². The third kappa shape index (κ3) is 3.44. The van der Waals surface area contributed by atoms with E-state index in [4.69, 9.17) is 4.74 Å². The van der Waals surface area contributed by atoms with Gasteiger partial charge in [0.05, 0.1) is 0 Å². The quantitative estimate of drug-likeness (QED) is 0.755. The molecule has 1 aromatic heterocycles. The van der Waals surface area contributed by atoms with E-state index in [0.29, 0.717) is 6.61 Å². The first-order valence-electron chi connectivity index (χ1n) is 6.42. The molecule has 0 radical (unpaired) electrons. The van der Waals surface area contributed by atoms with E-state index < -0.39 is 0 Å². The molecule has 0 spiro atoms. The molecule has 0 saturated heterocycles. The van der Waals surface area contributed by atoms with Crippen LogP contribution < -0.4 is 4.74 Å². The van der Waals surface area contributed by atoms with Crippen molar-refractivity contribution >= 4 is 17.1 Å². The van der Waals surface area contributed by atoms with Gasteiger partial charge in [0.15, 0.2) is 5.78 Å². The van der Waals surface area contributed by atoms with Crippen LogP contribution in [0.1, 0.15) is 39.5 Å². The van der Waals surface area contributed by atoms with Gasteiger partial charge in [-0.1, -0.05) is 6.92 Å². The number of aryl methyl sites for hydroxylation is 2. The summed E-state index contributed by atoms with van der Waals surface area (Å²) in [7, 11) is 0. The minimum Gasteiger partial charge on any atom is -0.488 e. The molecule has 100 valence electrons. The summed E-state index contributed by atoms with van der Waals surface area (Å²) in [5.74, 6) is 0.928. The Morgan fingerprint density at radius 2 is 1.95 bits per heavy atom. The molecule has 0 aliphatic carbocycles. The second kappa shape index (κ2) is 6.02. The summed E-state index contributed by atoms with van der Waals surface area (Å²) in [5.41, 5.74) is 1.73. The summed E-state index contributed by atoms with van der Waals surface area (Å²) in [5, 5.41) is 0. The lowest BCUT2D eigenvalue weighted by atomic mass is 10.1. The Bertz CT molecular complexity index is 584. The summed E-state index contributed by atoms with van der Waals surface area (Å²) < 4.78 is 5.81. The molecule has 1 heterocycles. The summed E-state index contributed by atoms with van der Waals surface area (Å²) in [6.07, 6.45) is 1.07. The highest BCUT2D eigenvalue weighted by molar-refractivity contribution is 7.11. The minimum atomic E-state index is 0.0838. The predicted molar refractivity (Wildman–Crippen MR) is 79.2 cm³/mol. The van der Waals surface area contributed by atoms with Crippen LogP contribution in [0.3, 0.4) is 0 Å². The van der Waals surface area contributed by atoms with Crippen molar-refractivity contribution in [1.82, 2.24) is 0 Å². The first-order valence-corrected chi connectivity index (χ1v) is 7.23. The molecule has 2 aromatic rings. The van der Waals surface area contributed by atoms with Gasteiger partial charge < -0.3 is 4.74 Å². The predicted octanol–water partition coefficient (Wildman–Crippen LogP) is 4.40. The van der Waals surface area contributed by atoms with Crippen LogP contribution in [0, 0.1) is 6.92 Å². The van der Waals surface area contributed by atoms with Crippen LogP contribution in [-0.2, 0) is 13.0 Å². The molecule has 0 saturated carbocycles. The number of carbonyl (C=O) groups excluding carboxylic acids is 1. The highest BCUT2D eigenvalue weighted by Gasteiger charge is 2.05. The first-order chi connectivity index (χ1) is 9.10. The molecule has 2 rings (SSSR count). The molecule has 0 amide bonds. The second-order valence-corrected chi connectivity index (χ2v) is 5.80. The van der Waals surface area contributed by atoms with E-state index in [-0.39, 0.29) is 5.78 Å². The number of hydrogen-bond donors (Lipinski definition) is 0. The third-order valence-electron chi connectivity index (χ3n) is 3.02. The van der Waals surface area contributed by atoms with Crippen LogP contribution in [0.4, 0.5) is 0 Å². The van der Waals surface area contributed by atoms with Crippen molar-refractivity contribution in [3.8, 4) is 5.75 Å². The number of ketones is 1. The van der Waals surface area contributed by atoms with Crippen molar-refractivity contribution in [3.63, 3.8) is 0 Å². The fourth-order valence-corrected chi connectivity index (χ4v) is 2.74. The van der Waals surface area contributed by atoms with Gasteiger partial charge in [-0.2, -0.15) is 0 Å². The highest BCUT2D eigenvalue weighted by atomic mass is 32.1. The molecule has 0 bridgehead atoms. The lowest BCUT2D eigenvalue weighted by molar-refractivity contribution is 0.101. The Hall–Kier alpha value is -1.61. The molecule has 0 aliphatic heterocycles. The zero-order valence-corrected chi connectivity index (χ0v) is 12.3. The number of rotatable bonds is 5. The molecule has 0 atom stereocenters. The summed E-state index contributed by atoms with van der Waals surface area (Å²) in [4.78, 5) is 13.9. The van der Waals surface area contributed by atoms with Gasteiger partial charge in [-0.05, 0) is 56.2 Å². The van der Waals surface area contributed by atoms with Crippen molar-refractivity contribution in [3.05, 3.63) is 51.2 Å². The zero-order chi connectivity index (χ0) is 13.8. The Labute approximate surface area is 118 Å². The number of Topliss-reactive ketones (excluding diaryl/α,β-unsaturated/α-hetero) is 1. The van der Waals surface area contributed by atoms with E-state index in [1.165, 1.54) is 9.75 Å². The molecule has 2 nitrogen and oxygen atoms in total. The topological polar surface area (TPSA) is 26.3 Å². The minimum absolute atomic E-state index is 0.0838. The van der Waals surface area contributed by atoms with Gasteiger partial charge in [0, 0.05) is 15.3 Å². The van der Waals surface area contributed by atoms with Crippen LogP contribution in [-0.4, -0.2) is 5.78 Å². The Balaban J connectivity index is 2.05. The lowest BCUT2D eigenvalue weighted by Crippen LogP contribution is -1.98. The Morgan fingerprint density at radius 1 is 1.21 bits per heavy atom. The van der Waals surface area contributed by atoms with Gasteiger partial charge in [-0.3, -0.25) is 4.79 Å². The molecular formula is C16H18O2S. The monoisotopic (exact) mass is 274 g/mol. The molecule has 0 unspecified atom stereocenters. The van der Waals surface area contributed by atoms with Crippen molar-refractivity contribution in [2.45, 2.75) is 33.8 Å². The van der Waals surface area contributed by atoms with Crippen LogP contribution in [0.25, 0.3) is 0 Å². The van der Waals surface area contributed by atoms with Crippen LogP contribution in [0.2, 0.25) is 0 Å². The van der Waals surface area contributed by atoms with Crippen molar-refractivity contribution in [2.24, 2.45) is 0 Å². The average Bonchev–Trinajstić information content (AvgIpc) is 2.85. The van der Waals surface area contributed by atoms with Crippen molar-refractivity contribution in [1.29, 1.82) is 0 Å². The van der Waals surface area contributed by atoms with Gasteiger partial charge in [0.2, 0.25) is 0 Å².